The number of carbonyl (C=O) groups is 2. The number of hydrogen-bond acceptors (Lipinski definition) is 11. The molecule has 58 heavy (non-hydrogen) atoms. The number of nitrogens with zero attached hydrogens (tertiary/aromatic N) is 5. The smallest absolute Gasteiger partial charge is 0.452 e. The second-order valence-corrected chi connectivity index (χ2v) is 17.2. The normalized spacial score (nSPS) is 17.4. The van der Waals surface area contributed by atoms with Gasteiger partial charge in [0.15, 0.2) is 5.65 Å². The first kappa shape index (κ1) is 42.9. The van der Waals surface area contributed by atoms with Gasteiger partial charge < -0.3 is 30.4 Å². The first-order chi connectivity index (χ1) is 27.4. The molecule has 5 heterocycles. The first-order valence-electron chi connectivity index (χ1n) is 18.9. The summed E-state index contributed by atoms with van der Waals surface area (Å²) in [4.78, 5) is 29.8. The Morgan fingerprint density at radius 2 is 1.83 bits per heavy atom. The van der Waals surface area contributed by atoms with E-state index in [0.717, 1.165) is 9.96 Å². The summed E-state index contributed by atoms with van der Waals surface area (Å²) in [5.41, 5.74) is 5.93. The van der Waals surface area contributed by atoms with Crippen LogP contribution in [0.25, 0.3) is 5.65 Å². The van der Waals surface area contributed by atoms with Crippen molar-refractivity contribution in [2.45, 2.75) is 82.5 Å². The largest absolute Gasteiger partial charge is 0.481 e. The number of carboxylic acid groups (broad SMARTS) is 1. The highest BCUT2D eigenvalue weighted by atomic mass is 32.2. The number of aryl methyl sites for hydroxylation is 3. The van der Waals surface area contributed by atoms with Gasteiger partial charge in [-0.05, 0) is 80.1 Å². The quantitative estimate of drug-likeness (QED) is 0.154. The van der Waals surface area contributed by atoms with Gasteiger partial charge in [0.2, 0.25) is 27.6 Å². The van der Waals surface area contributed by atoms with E-state index in [1.54, 1.807) is 31.2 Å². The number of aliphatic carboxylic acids is 1. The number of amides is 1. The molecule has 1 unspecified atom stereocenters. The molecule has 19 heteroatoms. The molecule has 1 fully saturated rings. The van der Waals surface area contributed by atoms with Gasteiger partial charge in [0, 0.05) is 56.7 Å². The highest BCUT2D eigenvalue weighted by Crippen LogP contribution is 2.45. The molecule has 3 aromatic heterocycles. The van der Waals surface area contributed by atoms with E-state index in [9.17, 15) is 36.3 Å². The Morgan fingerprint density at radius 3 is 2.52 bits per heavy atom. The number of alkyl halides is 3. The molecule has 1 amide bonds. The maximum Gasteiger partial charge on any atom is 0.452 e. The van der Waals surface area contributed by atoms with Gasteiger partial charge >= 0.3 is 12.1 Å². The van der Waals surface area contributed by atoms with Crippen LogP contribution in [0.5, 0.6) is 5.88 Å². The molecule has 6 rings (SSSR count). The topological polar surface area (TPSA) is 201 Å². The fourth-order valence-corrected chi connectivity index (χ4v) is 9.06. The number of nitrogens with one attached hydrogen (secondary N) is 1. The van der Waals surface area contributed by atoms with Gasteiger partial charge in [-0.15, -0.1) is 10.2 Å². The van der Waals surface area contributed by atoms with Gasteiger partial charge in [-0.1, -0.05) is 18.2 Å². The molecule has 1 atom stereocenters. The fourth-order valence-electron chi connectivity index (χ4n) is 7.52. The Kier molecular flexibility index (Phi) is 12.5. The number of fused-ring (bicyclic) bond motifs is 2. The van der Waals surface area contributed by atoms with Crippen LogP contribution < -0.4 is 15.8 Å². The van der Waals surface area contributed by atoms with Gasteiger partial charge in [0.1, 0.15) is 10.5 Å². The summed E-state index contributed by atoms with van der Waals surface area (Å²) in [6.07, 6.45) is -2.47. The number of ether oxygens (including phenoxy) is 3. The Bertz CT molecular complexity index is 2280. The van der Waals surface area contributed by atoms with Crippen LogP contribution in [0.4, 0.5) is 13.2 Å². The van der Waals surface area contributed by atoms with Crippen LogP contribution in [0.15, 0.2) is 47.5 Å². The summed E-state index contributed by atoms with van der Waals surface area (Å²) in [6.45, 7) is 8.40. The lowest BCUT2D eigenvalue weighted by Crippen LogP contribution is -2.50. The number of sulfonamides is 1. The molecule has 15 nitrogen and oxygen atoms in total. The van der Waals surface area contributed by atoms with Crippen LogP contribution in [-0.2, 0) is 48.2 Å². The van der Waals surface area contributed by atoms with Gasteiger partial charge in [-0.25, -0.2) is 13.4 Å². The van der Waals surface area contributed by atoms with Crippen molar-refractivity contribution in [1.29, 1.82) is 0 Å². The SMILES string of the molecule is Cc1ccc(C(c2ccn3c(C(F)(F)F)nnc3c2C)C(C)(C)C(=O)O)cc1CN1CC2(CCOCC2)Oc2nc(CCC(=O)NCCOCCN)ccc2S1(=O)=O. The molecule has 0 saturated carbocycles. The predicted molar refractivity (Wildman–Crippen MR) is 204 cm³/mol. The van der Waals surface area contributed by atoms with Crippen molar-refractivity contribution in [3.63, 3.8) is 0 Å². The maximum absolute atomic E-state index is 14.6. The van der Waals surface area contributed by atoms with Crippen LogP contribution in [-0.4, -0.2) is 101 Å². The molecule has 314 valence electrons. The number of halogens is 3. The van der Waals surface area contributed by atoms with Gasteiger partial charge in [-0.2, -0.15) is 17.5 Å². The molecule has 1 spiro atoms. The minimum absolute atomic E-state index is 0.0308. The second-order valence-electron chi connectivity index (χ2n) is 15.3. The number of nitrogens with two attached hydrogens (primary N) is 1. The van der Waals surface area contributed by atoms with Gasteiger partial charge in [-0.3, -0.25) is 14.0 Å². The third-order valence-corrected chi connectivity index (χ3v) is 12.7. The van der Waals surface area contributed by atoms with Crippen molar-refractivity contribution in [2.75, 3.05) is 46.1 Å². The standard InChI is InChI=1S/C39H48F3N7O8S/c1-24-5-6-26(32(37(3,4)36(51)52)29-11-16-49-33(25(29)2)46-47-35(49)39(40,41)42)21-27(24)22-48-23-38(12-17-55-18-13-38)57-34-30(58(48,53)54)9-7-28(45-34)8-10-31(50)44-15-20-56-19-14-43/h5-7,9,11,16,21,32H,8,10,12-15,17-20,22-23,43H2,1-4H3,(H,44,50)(H,51,52). The van der Waals surface area contributed by atoms with Crippen LogP contribution >= 0.6 is 0 Å². The molecule has 2 aliphatic rings. The molecule has 0 aliphatic carbocycles. The summed E-state index contributed by atoms with van der Waals surface area (Å²) < 4.78 is 89.9. The zero-order chi connectivity index (χ0) is 42.0. The minimum Gasteiger partial charge on any atom is -0.481 e. The molecular formula is C39H48F3N7O8S. The summed E-state index contributed by atoms with van der Waals surface area (Å²) in [7, 11) is -4.25. The lowest BCUT2D eigenvalue weighted by atomic mass is 9.70. The zero-order valence-corrected chi connectivity index (χ0v) is 33.6. The van der Waals surface area contributed by atoms with Crippen LogP contribution in [0.3, 0.4) is 0 Å². The Hall–Kier alpha value is -4.69. The molecule has 1 saturated heterocycles. The summed E-state index contributed by atoms with van der Waals surface area (Å²) in [5.74, 6) is -3.53. The lowest BCUT2D eigenvalue weighted by molar-refractivity contribution is -0.147. The van der Waals surface area contributed by atoms with E-state index in [4.69, 9.17) is 19.9 Å². The Labute approximate surface area is 334 Å². The summed E-state index contributed by atoms with van der Waals surface area (Å²) >= 11 is 0. The van der Waals surface area contributed by atoms with E-state index in [-0.39, 0.29) is 48.3 Å². The van der Waals surface area contributed by atoms with E-state index >= 15 is 0 Å². The van der Waals surface area contributed by atoms with Crippen molar-refractivity contribution in [3.05, 3.63) is 81.9 Å². The average Bonchev–Trinajstić information content (AvgIpc) is 3.59. The lowest BCUT2D eigenvalue weighted by Gasteiger charge is -2.38. The van der Waals surface area contributed by atoms with E-state index in [2.05, 4.69) is 20.5 Å². The molecule has 2 aliphatic heterocycles. The number of pyridine rings is 2. The monoisotopic (exact) mass is 831 g/mol. The summed E-state index contributed by atoms with van der Waals surface area (Å²) in [5, 5.41) is 20.4. The fraction of sp³-hybridized carbons (Fsp3) is 0.513. The first-order valence-corrected chi connectivity index (χ1v) is 20.4. The van der Waals surface area contributed by atoms with Crippen molar-refractivity contribution in [1.82, 2.24) is 29.2 Å². The minimum atomic E-state index is -4.77. The van der Waals surface area contributed by atoms with Crippen LogP contribution in [0.2, 0.25) is 0 Å². The van der Waals surface area contributed by atoms with E-state index in [1.807, 2.05) is 6.92 Å². The molecule has 1 aromatic carbocycles. The highest BCUT2D eigenvalue weighted by Gasteiger charge is 2.46. The highest BCUT2D eigenvalue weighted by molar-refractivity contribution is 7.89. The third kappa shape index (κ3) is 8.83. The maximum atomic E-state index is 14.6. The predicted octanol–water partition coefficient (Wildman–Crippen LogP) is 4.16. The summed E-state index contributed by atoms with van der Waals surface area (Å²) in [6, 6.07) is 9.74. The van der Waals surface area contributed by atoms with Crippen LogP contribution in [0, 0.1) is 19.3 Å². The second kappa shape index (κ2) is 16.9. The molecule has 4 N–H and O–H groups in total. The Balaban J connectivity index is 1.34. The van der Waals surface area contributed by atoms with Crippen molar-refractivity contribution in [2.24, 2.45) is 11.1 Å². The van der Waals surface area contributed by atoms with E-state index < -0.39 is 44.9 Å². The van der Waals surface area contributed by atoms with Crippen LogP contribution in [0.1, 0.15) is 78.4 Å². The van der Waals surface area contributed by atoms with E-state index in [0.29, 0.717) is 80.3 Å². The average molecular weight is 832 g/mol. The van der Waals surface area contributed by atoms with Crippen molar-refractivity contribution in [3.8, 4) is 5.88 Å². The number of benzene rings is 1. The number of rotatable bonds is 14. The molecule has 0 radical (unpaired) electrons. The zero-order valence-electron chi connectivity index (χ0n) is 32.8. The molecule has 0 bridgehead atoms. The van der Waals surface area contributed by atoms with Gasteiger partial charge in [0.25, 0.3) is 0 Å². The molecular weight excluding hydrogens is 784 g/mol. The Morgan fingerprint density at radius 1 is 1.09 bits per heavy atom. The van der Waals surface area contributed by atoms with Crippen molar-refractivity contribution < 1.29 is 50.5 Å². The van der Waals surface area contributed by atoms with Crippen molar-refractivity contribution >= 4 is 27.5 Å². The number of hydrogen-bond donors (Lipinski definition) is 3. The number of carboxylic acids is 1. The number of carbonyl (C=O) groups excluding carboxylic acids is 1. The third-order valence-electron chi connectivity index (χ3n) is 10.9. The van der Waals surface area contributed by atoms with E-state index in [1.165, 1.54) is 36.5 Å². The number of aromatic nitrogens is 4. The van der Waals surface area contributed by atoms with Gasteiger partial charge in [0.05, 0.1) is 38.4 Å². The molecule has 4 aromatic rings.